The van der Waals surface area contributed by atoms with Gasteiger partial charge in [-0.25, -0.2) is 4.79 Å². The number of carbonyl (C=O) groups excluding carboxylic acids is 2. The van der Waals surface area contributed by atoms with Gasteiger partial charge in [-0.05, 0) is 57.0 Å². The number of fused-ring (bicyclic) bond motifs is 1. The van der Waals surface area contributed by atoms with Crippen molar-refractivity contribution >= 4 is 23.4 Å². The number of nitrogens with zero attached hydrogens (tertiary/aromatic N) is 1. The lowest BCUT2D eigenvalue weighted by molar-refractivity contribution is -0.198. The van der Waals surface area contributed by atoms with Gasteiger partial charge in [-0.2, -0.15) is 39.5 Å². The fourth-order valence-corrected chi connectivity index (χ4v) is 4.61. The molecule has 1 aliphatic heterocycles. The molecule has 3 rings (SSSR count). The van der Waals surface area contributed by atoms with Crippen LogP contribution >= 0.6 is 0 Å². The molecule has 0 fully saturated rings. The number of hydrogen-bond acceptors (Lipinski definition) is 3. The van der Waals surface area contributed by atoms with Crippen LogP contribution in [0, 0.1) is 0 Å². The minimum absolute atomic E-state index is 0.170. The number of anilines is 2. The monoisotopic (exact) mass is 570 g/mol. The predicted molar refractivity (Wildman–Crippen MR) is 122 cm³/mol. The maximum absolute atomic E-state index is 14.7. The Balaban J connectivity index is 2.05. The van der Waals surface area contributed by atoms with E-state index in [4.69, 9.17) is 4.74 Å². The number of ether oxygens (including phenoxy) is 1. The van der Waals surface area contributed by atoms with Gasteiger partial charge in [0, 0.05) is 18.2 Å². The van der Waals surface area contributed by atoms with Gasteiger partial charge >= 0.3 is 24.6 Å². The highest BCUT2D eigenvalue weighted by atomic mass is 19.4. The molecule has 2 atom stereocenters. The molecule has 2 aromatic carbocycles. The van der Waals surface area contributed by atoms with Gasteiger partial charge in [0.2, 0.25) is 5.91 Å². The molecule has 0 radical (unpaired) electrons. The highest BCUT2D eigenvalue weighted by Gasteiger charge is 2.61. The van der Waals surface area contributed by atoms with Gasteiger partial charge in [-0.15, -0.1) is 0 Å². The Hall–Kier alpha value is -3.45. The average Bonchev–Trinajstić information content (AvgIpc) is 2.76. The van der Waals surface area contributed by atoms with Crippen LogP contribution in [0.2, 0.25) is 0 Å². The van der Waals surface area contributed by atoms with Gasteiger partial charge in [-0.3, -0.25) is 9.69 Å². The Bertz CT molecular complexity index is 1210. The second-order valence-electron chi connectivity index (χ2n) is 9.47. The summed E-state index contributed by atoms with van der Waals surface area (Å²) in [6, 6.07) is 4.00. The van der Waals surface area contributed by atoms with Crippen molar-refractivity contribution in [1.82, 2.24) is 0 Å². The van der Waals surface area contributed by atoms with Crippen molar-refractivity contribution in [3.63, 3.8) is 0 Å². The number of para-hydroxylation sites is 1. The maximum Gasteiger partial charge on any atom is 0.416 e. The van der Waals surface area contributed by atoms with Crippen LogP contribution in [0.5, 0.6) is 0 Å². The van der Waals surface area contributed by atoms with E-state index in [0.717, 1.165) is 11.0 Å². The van der Waals surface area contributed by atoms with Gasteiger partial charge in [0.15, 0.2) is 0 Å². The minimum atomic E-state index is -5.22. The molecule has 0 aliphatic carbocycles. The first kappa shape index (κ1) is 30.1. The Kier molecular flexibility index (Phi) is 7.92. The largest absolute Gasteiger partial charge is 0.446 e. The van der Waals surface area contributed by atoms with E-state index >= 15 is 0 Å². The SMILES string of the molecule is CC(C)OC(=O)N1c2ccccc2[C@@](CC(=O)Nc2cc(C(F)(F)F)cc(C(F)(F)F)c2)(C(F)(F)F)C[C@H]1C. The van der Waals surface area contributed by atoms with Gasteiger partial charge < -0.3 is 10.1 Å². The van der Waals surface area contributed by atoms with Crippen LogP contribution in [0.15, 0.2) is 42.5 Å². The summed E-state index contributed by atoms with van der Waals surface area (Å²) in [5.74, 6) is -1.47. The molecule has 0 saturated heterocycles. The summed E-state index contributed by atoms with van der Waals surface area (Å²) >= 11 is 0. The minimum Gasteiger partial charge on any atom is -0.446 e. The van der Waals surface area contributed by atoms with Crippen LogP contribution in [0.3, 0.4) is 0 Å². The third kappa shape index (κ3) is 6.25. The van der Waals surface area contributed by atoms with Crippen molar-refractivity contribution in [1.29, 1.82) is 0 Å². The van der Waals surface area contributed by atoms with Crippen LogP contribution in [0.1, 0.15) is 50.3 Å². The molecule has 0 aromatic heterocycles. The van der Waals surface area contributed by atoms with E-state index in [-0.39, 0.29) is 23.9 Å². The molecule has 0 unspecified atom stereocenters. The topological polar surface area (TPSA) is 58.6 Å². The summed E-state index contributed by atoms with van der Waals surface area (Å²) in [5, 5.41) is 1.77. The molecule has 5 nitrogen and oxygen atoms in total. The molecule has 0 spiro atoms. The van der Waals surface area contributed by atoms with Crippen molar-refractivity contribution in [3.8, 4) is 0 Å². The van der Waals surface area contributed by atoms with Gasteiger partial charge in [0.1, 0.15) is 5.41 Å². The summed E-state index contributed by atoms with van der Waals surface area (Å²) in [5.41, 5.74) is -8.03. The molecule has 2 aromatic rings. The second-order valence-corrected chi connectivity index (χ2v) is 9.47. The molecule has 0 bridgehead atoms. The van der Waals surface area contributed by atoms with Crippen LogP contribution in [-0.2, 0) is 27.3 Å². The van der Waals surface area contributed by atoms with E-state index in [1.54, 1.807) is 19.2 Å². The van der Waals surface area contributed by atoms with E-state index in [9.17, 15) is 49.1 Å². The van der Waals surface area contributed by atoms with E-state index < -0.39 is 83.3 Å². The molecular formula is C25H23F9N2O3. The summed E-state index contributed by atoms with van der Waals surface area (Å²) in [6.45, 7) is 4.39. The van der Waals surface area contributed by atoms with Crippen molar-refractivity contribution < 1.29 is 53.8 Å². The fraction of sp³-hybridized carbons (Fsp3) is 0.440. The number of hydrogen-bond donors (Lipinski definition) is 1. The van der Waals surface area contributed by atoms with Crippen molar-refractivity contribution in [2.45, 2.75) is 69.7 Å². The molecule has 1 heterocycles. The number of rotatable bonds is 4. The van der Waals surface area contributed by atoms with Gasteiger partial charge in [-0.1, -0.05) is 18.2 Å². The first-order valence-corrected chi connectivity index (χ1v) is 11.5. The molecule has 214 valence electrons. The summed E-state index contributed by atoms with van der Waals surface area (Å²) in [4.78, 5) is 26.6. The van der Waals surface area contributed by atoms with E-state index in [1.807, 2.05) is 0 Å². The van der Waals surface area contributed by atoms with Gasteiger partial charge in [0.05, 0.1) is 22.9 Å². The first-order valence-electron chi connectivity index (χ1n) is 11.5. The predicted octanol–water partition coefficient (Wildman–Crippen LogP) is 7.70. The highest BCUT2D eigenvalue weighted by molar-refractivity contribution is 5.94. The lowest BCUT2D eigenvalue weighted by atomic mass is 9.68. The summed E-state index contributed by atoms with van der Waals surface area (Å²) in [7, 11) is 0. The van der Waals surface area contributed by atoms with E-state index in [1.165, 1.54) is 25.1 Å². The van der Waals surface area contributed by atoms with Gasteiger partial charge in [0.25, 0.3) is 0 Å². The number of halogens is 9. The normalized spacial score (nSPS) is 20.0. The molecule has 1 aliphatic rings. The van der Waals surface area contributed by atoms with Crippen molar-refractivity contribution in [2.75, 3.05) is 10.2 Å². The number of amides is 2. The third-order valence-corrected chi connectivity index (χ3v) is 6.17. The van der Waals surface area contributed by atoms with Crippen molar-refractivity contribution in [3.05, 3.63) is 59.2 Å². The molecular weight excluding hydrogens is 547 g/mol. The third-order valence-electron chi connectivity index (χ3n) is 6.17. The van der Waals surface area contributed by atoms with Crippen molar-refractivity contribution in [2.24, 2.45) is 0 Å². The maximum atomic E-state index is 14.7. The Morgan fingerprint density at radius 1 is 0.974 bits per heavy atom. The lowest BCUT2D eigenvalue weighted by Crippen LogP contribution is -2.55. The molecule has 0 saturated carbocycles. The zero-order valence-electron chi connectivity index (χ0n) is 20.7. The standard InChI is InChI=1S/C25H23F9N2O3/c1-13(2)39-21(38)36-14(3)11-22(25(32,33)34,18-6-4-5-7-19(18)36)12-20(37)35-17-9-15(23(26,27)28)8-16(10-17)24(29,30)31/h4-10,13-14H,11-12H2,1-3H3,(H,35,37)/t14-,22-/m1/s1. The molecule has 2 amide bonds. The highest BCUT2D eigenvalue weighted by Crippen LogP contribution is 2.54. The van der Waals surface area contributed by atoms with Crippen LogP contribution in [-0.4, -0.2) is 30.3 Å². The van der Waals surface area contributed by atoms with E-state index in [2.05, 4.69) is 0 Å². The quantitative estimate of drug-likeness (QED) is 0.384. The van der Waals surface area contributed by atoms with Crippen LogP contribution in [0.25, 0.3) is 0 Å². The zero-order chi connectivity index (χ0) is 29.6. The van der Waals surface area contributed by atoms with Crippen LogP contribution in [0.4, 0.5) is 55.7 Å². The first-order chi connectivity index (χ1) is 17.8. The summed E-state index contributed by atoms with van der Waals surface area (Å²) in [6.07, 6.45) is -19.3. The number of alkyl halides is 9. The Morgan fingerprint density at radius 3 is 2.00 bits per heavy atom. The number of carbonyl (C=O) groups is 2. The number of benzene rings is 2. The Morgan fingerprint density at radius 2 is 1.51 bits per heavy atom. The molecule has 39 heavy (non-hydrogen) atoms. The Labute approximate surface area is 216 Å². The average molecular weight is 570 g/mol. The molecule has 1 N–H and O–H groups in total. The second kappa shape index (κ2) is 10.3. The number of nitrogens with one attached hydrogen (secondary N) is 1. The smallest absolute Gasteiger partial charge is 0.416 e. The van der Waals surface area contributed by atoms with Crippen LogP contribution < -0.4 is 10.2 Å². The summed E-state index contributed by atoms with van der Waals surface area (Å²) < 4.78 is 128. The zero-order valence-corrected chi connectivity index (χ0v) is 20.7. The fourth-order valence-electron chi connectivity index (χ4n) is 4.61. The molecule has 14 heteroatoms. The van der Waals surface area contributed by atoms with E-state index in [0.29, 0.717) is 0 Å². The lowest BCUT2D eigenvalue weighted by Gasteiger charge is -2.46.